The van der Waals surface area contributed by atoms with E-state index in [0.29, 0.717) is 12.8 Å². The third-order valence-electron chi connectivity index (χ3n) is 3.84. The van der Waals surface area contributed by atoms with E-state index in [-0.39, 0.29) is 11.9 Å². The Hall–Kier alpha value is -2.09. The lowest BCUT2D eigenvalue weighted by atomic mass is 10.0. The largest absolute Gasteiger partial charge is 0.469 e. The number of nitrogens with zero attached hydrogens (tertiary/aromatic N) is 1. The molecule has 0 N–H and O–H groups in total. The van der Waals surface area contributed by atoms with Crippen molar-refractivity contribution in [3.8, 4) is 6.07 Å². The Morgan fingerprint density at radius 3 is 2.32 bits per heavy atom. The first kappa shape index (κ1) is 22.9. The molecule has 0 aromatic carbocycles. The monoisotopic (exact) mass is 349 g/mol. The molecular formula is C20H31NO4. The van der Waals surface area contributed by atoms with E-state index < -0.39 is 0 Å². The van der Waals surface area contributed by atoms with Crippen molar-refractivity contribution in [2.45, 2.75) is 70.6 Å². The molecule has 0 spiro atoms. The van der Waals surface area contributed by atoms with Gasteiger partial charge in [-0.05, 0) is 38.5 Å². The van der Waals surface area contributed by atoms with Crippen LogP contribution in [0.3, 0.4) is 0 Å². The van der Waals surface area contributed by atoms with Crippen molar-refractivity contribution in [1.29, 1.82) is 5.26 Å². The first-order valence-electron chi connectivity index (χ1n) is 9.00. The minimum atomic E-state index is -0.340. The maximum absolute atomic E-state index is 11.4. The summed E-state index contributed by atoms with van der Waals surface area (Å²) in [5, 5.41) is 8.60. The lowest BCUT2D eigenvalue weighted by molar-refractivity contribution is -0.140. The highest BCUT2D eigenvalue weighted by Crippen LogP contribution is 2.14. The number of hydrogen-bond donors (Lipinski definition) is 0. The minimum absolute atomic E-state index is 0.131. The second kappa shape index (κ2) is 16.8. The highest BCUT2D eigenvalue weighted by Gasteiger charge is 2.01. The van der Waals surface area contributed by atoms with Gasteiger partial charge in [-0.3, -0.25) is 4.79 Å². The van der Waals surface area contributed by atoms with Crippen molar-refractivity contribution in [1.82, 2.24) is 0 Å². The third kappa shape index (κ3) is 15.2. The number of carbonyl (C=O) groups excluding carboxylic acids is 2. The molecule has 0 fully saturated rings. The van der Waals surface area contributed by atoms with Gasteiger partial charge in [-0.2, -0.15) is 5.26 Å². The molecule has 0 bridgehead atoms. The summed E-state index contributed by atoms with van der Waals surface area (Å²) in [6.07, 6.45) is 15.4. The van der Waals surface area contributed by atoms with Crippen LogP contribution in [0.5, 0.6) is 0 Å². The lowest BCUT2D eigenvalue weighted by Gasteiger charge is -2.03. The average Bonchev–Trinajstić information content (AvgIpc) is 2.62. The van der Waals surface area contributed by atoms with Crippen LogP contribution in [0.1, 0.15) is 70.6 Å². The highest BCUT2D eigenvalue weighted by atomic mass is 16.5. The van der Waals surface area contributed by atoms with Gasteiger partial charge in [0.1, 0.15) is 0 Å². The molecule has 0 atom stereocenters. The molecule has 25 heavy (non-hydrogen) atoms. The van der Waals surface area contributed by atoms with Gasteiger partial charge in [-0.15, -0.1) is 0 Å². The zero-order chi connectivity index (χ0) is 18.8. The number of unbranched alkanes of at least 4 members (excludes halogenated alkanes) is 6. The fraction of sp³-hybridized carbons (Fsp3) is 0.650. The van der Waals surface area contributed by atoms with Gasteiger partial charge in [0, 0.05) is 18.9 Å². The Morgan fingerprint density at radius 1 is 0.920 bits per heavy atom. The van der Waals surface area contributed by atoms with Gasteiger partial charge >= 0.3 is 11.9 Å². The molecule has 0 unspecified atom stereocenters. The standard InChI is InChI=1S/C20H31NO4/c1-24-19(22)15-10-8-6-4-3-5-7-9-13-18(14-11-12-16-21)17-20(23)25-2/h7,9,17H,3-6,8,10-15H2,1-2H3/b9-7+,18-17-. The van der Waals surface area contributed by atoms with Crippen molar-refractivity contribution in [2.75, 3.05) is 14.2 Å². The first-order valence-corrected chi connectivity index (χ1v) is 9.00. The van der Waals surface area contributed by atoms with Gasteiger partial charge in [0.2, 0.25) is 0 Å². The molecule has 0 radical (unpaired) electrons. The van der Waals surface area contributed by atoms with Gasteiger partial charge < -0.3 is 9.47 Å². The van der Waals surface area contributed by atoms with Gasteiger partial charge in [0.15, 0.2) is 0 Å². The van der Waals surface area contributed by atoms with Crippen molar-refractivity contribution in [3.63, 3.8) is 0 Å². The molecule has 0 aromatic heterocycles. The number of ether oxygens (including phenoxy) is 2. The SMILES string of the molecule is COC(=O)/C=C(/C/C=C/CCCCCCCC(=O)OC)CCCC#N. The van der Waals surface area contributed by atoms with Gasteiger partial charge in [0.25, 0.3) is 0 Å². The minimum Gasteiger partial charge on any atom is -0.469 e. The molecule has 0 amide bonds. The Labute approximate surface area is 151 Å². The summed E-state index contributed by atoms with van der Waals surface area (Å²) < 4.78 is 9.27. The quantitative estimate of drug-likeness (QED) is 0.198. The lowest BCUT2D eigenvalue weighted by Crippen LogP contribution is -1.99. The Bertz CT molecular complexity index is 475. The topological polar surface area (TPSA) is 76.4 Å². The zero-order valence-corrected chi connectivity index (χ0v) is 15.6. The smallest absolute Gasteiger partial charge is 0.330 e. The average molecular weight is 349 g/mol. The summed E-state index contributed by atoms with van der Waals surface area (Å²) in [5.41, 5.74) is 1.00. The van der Waals surface area contributed by atoms with Crippen LogP contribution < -0.4 is 0 Å². The molecule has 140 valence electrons. The molecule has 0 saturated carbocycles. The van der Waals surface area contributed by atoms with E-state index in [9.17, 15) is 9.59 Å². The summed E-state index contributed by atoms with van der Waals surface area (Å²) in [6.45, 7) is 0. The second-order valence-corrected chi connectivity index (χ2v) is 5.90. The molecular weight excluding hydrogens is 318 g/mol. The van der Waals surface area contributed by atoms with Crippen LogP contribution in [-0.2, 0) is 19.1 Å². The maximum atomic E-state index is 11.4. The van der Waals surface area contributed by atoms with Crippen LogP contribution in [-0.4, -0.2) is 26.2 Å². The normalized spacial score (nSPS) is 11.3. The van der Waals surface area contributed by atoms with Gasteiger partial charge in [-0.25, -0.2) is 4.79 Å². The van der Waals surface area contributed by atoms with Crippen molar-refractivity contribution in [2.24, 2.45) is 0 Å². The summed E-state index contributed by atoms with van der Waals surface area (Å²) in [6, 6.07) is 2.12. The van der Waals surface area contributed by atoms with E-state index in [4.69, 9.17) is 5.26 Å². The van der Waals surface area contributed by atoms with E-state index >= 15 is 0 Å². The van der Waals surface area contributed by atoms with Crippen molar-refractivity contribution >= 4 is 11.9 Å². The summed E-state index contributed by atoms with van der Waals surface area (Å²) in [7, 11) is 2.79. The molecule has 5 nitrogen and oxygen atoms in total. The third-order valence-corrected chi connectivity index (χ3v) is 3.84. The summed E-state index contributed by atoms with van der Waals surface area (Å²) in [4.78, 5) is 22.3. The fourth-order valence-corrected chi connectivity index (χ4v) is 2.37. The fourth-order valence-electron chi connectivity index (χ4n) is 2.37. The molecule has 0 rings (SSSR count). The number of carbonyl (C=O) groups is 2. The highest BCUT2D eigenvalue weighted by molar-refractivity contribution is 5.82. The number of methoxy groups -OCH3 is 2. The number of nitriles is 1. The molecule has 0 aromatic rings. The Kier molecular flexibility index (Phi) is 15.4. The van der Waals surface area contributed by atoms with Crippen LogP contribution in [0.2, 0.25) is 0 Å². The van der Waals surface area contributed by atoms with E-state index in [1.54, 1.807) is 0 Å². The number of allylic oxidation sites excluding steroid dienone is 3. The van der Waals surface area contributed by atoms with E-state index in [0.717, 1.165) is 63.4 Å². The van der Waals surface area contributed by atoms with E-state index in [2.05, 4.69) is 27.7 Å². The van der Waals surface area contributed by atoms with Crippen LogP contribution in [0.4, 0.5) is 0 Å². The number of esters is 2. The van der Waals surface area contributed by atoms with Crippen LogP contribution >= 0.6 is 0 Å². The molecule has 5 heteroatoms. The Morgan fingerprint density at radius 2 is 1.64 bits per heavy atom. The van der Waals surface area contributed by atoms with Crippen molar-refractivity contribution in [3.05, 3.63) is 23.8 Å². The summed E-state index contributed by atoms with van der Waals surface area (Å²) >= 11 is 0. The molecule has 0 heterocycles. The predicted octanol–water partition coefficient (Wildman–Crippen LogP) is 4.63. The van der Waals surface area contributed by atoms with Crippen LogP contribution in [0.25, 0.3) is 0 Å². The van der Waals surface area contributed by atoms with Gasteiger partial charge in [-0.1, -0.05) is 37.0 Å². The number of hydrogen-bond acceptors (Lipinski definition) is 5. The Balaban J connectivity index is 3.86. The first-order chi connectivity index (χ1) is 12.1. The van der Waals surface area contributed by atoms with Crippen LogP contribution in [0, 0.1) is 11.3 Å². The van der Waals surface area contributed by atoms with Crippen LogP contribution in [0.15, 0.2) is 23.8 Å². The van der Waals surface area contributed by atoms with Crippen molar-refractivity contribution < 1.29 is 19.1 Å². The number of rotatable bonds is 14. The molecule has 0 saturated heterocycles. The van der Waals surface area contributed by atoms with Gasteiger partial charge in [0.05, 0.1) is 20.3 Å². The summed E-state index contributed by atoms with van der Waals surface area (Å²) in [5.74, 6) is -0.471. The van der Waals surface area contributed by atoms with E-state index in [1.807, 2.05) is 0 Å². The second-order valence-electron chi connectivity index (χ2n) is 5.90. The maximum Gasteiger partial charge on any atom is 0.330 e. The molecule has 0 aliphatic carbocycles. The molecule has 0 aliphatic heterocycles. The predicted molar refractivity (Wildman–Crippen MR) is 97.7 cm³/mol. The zero-order valence-electron chi connectivity index (χ0n) is 15.6. The molecule has 0 aliphatic rings. The van der Waals surface area contributed by atoms with E-state index in [1.165, 1.54) is 20.3 Å².